The van der Waals surface area contributed by atoms with Crippen molar-refractivity contribution >= 4 is 28.0 Å². The van der Waals surface area contributed by atoms with Crippen molar-refractivity contribution in [2.24, 2.45) is 0 Å². The van der Waals surface area contributed by atoms with E-state index in [1.807, 2.05) is 29.9 Å². The highest BCUT2D eigenvalue weighted by Crippen LogP contribution is 2.28. The number of aromatic amines is 1. The molecule has 5 heterocycles. The van der Waals surface area contributed by atoms with Crippen LogP contribution in [0.5, 0.6) is 0 Å². The topological polar surface area (TPSA) is 96.3 Å². The first-order chi connectivity index (χ1) is 14.6. The van der Waals surface area contributed by atoms with Gasteiger partial charge in [0.1, 0.15) is 5.00 Å². The first-order valence-electron chi connectivity index (χ1n) is 9.99. The molecule has 2 N–H and O–H groups in total. The Bertz CT molecular complexity index is 1150. The summed E-state index contributed by atoms with van der Waals surface area (Å²) in [6, 6.07) is 2.49. The van der Waals surface area contributed by atoms with Crippen molar-refractivity contribution in [3.05, 3.63) is 42.2 Å². The van der Waals surface area contributed by atoms with Gasteiger partial charge in [0.2, 0.25) is 0 Å². The van der Waals surface area contributed by atoms with Gasteiger partial charge in [0, 0.05) is 37.1 Å². The molecule has 2 atom stereocenters. The van der Waals surface area contributed by atoms with Crippen LogP contribution >= 0.6 is 11.5 Å². The molecule has 0 unspecified atom stereocenters. The fourth-order valence-corrected chi connectivity index (χ4v) is 4.42. The SMILES string of the molecule is Cc1cn2c(-c3cn[nH]c3)cnc2c(Nc2cc(CN3C[C@H](C)OC[C@@H]3C)ns2)n1. The number of hydrogen-bond donors (Lipinski definition) is 2. The van der Waals surface area contributed by atoms with Crippen molar-refractivity contribution in [3.63, 3.8) is 0 Å². The number of imidazole rings is 1. The van der Waals surface area contributed by atoms with E-state index < -0.39 is 0 Å². The van der Waals surface area contributed by atoms with E-state index in [4.69, 9.17) is 4.74 Å². The summed E-state index contributed by atoms with van der Waals surface area (Å²) < 4.78 is 12.4. The molecule has 0 aliphatic carbocycles. The van der Waals surface area contributed by atoms with Crippen molar-refractivity contribution in [2.75, 3.05) is 18.5 Å². The molecule has 4 aromatic heterocycles. The zero-order chi connectivity index (χ0) is 20.7. The summed E-state index contributed by atoms with van der Waals surface area (Å²) in [5, 5.41) is 11.3. The Labute approximate surface area is 178 Å². The second-order valence-electron chi connectivity index (χ2n) is 7.78. The predicted octanol–water partition coefficient (Wildman–Crippen LogP) is 3.24. The molecule has 0 radical (unpaired) electrons. The molecule has 5 rings (SSSR count). The number of H-pyrrole nitrogens is 1. The minimum Gasteiger partial charge on any atom is -0.376 e. The molecule has 0 spiro atoms. The Morgan fingerprint density at radius 2 is 2.23 bits per heavy atom. The van der Waals surface area contributed by atoms with Crippen molar-refractivity contribution in [1.82, 2.24) is 33.8 Å². The largest absolute Gasteiger partial charge is 0.376 e. The van der Waals surface area contributed by atoms with E-state index in [2.05, 4.69) is 54.7 Å². The van der Waals surface area contributed by atoms with Crippen LogP contribution in [0, 0.1) is 6.92 Å². The maximum absolute atomic E-state index is 5.73. The molecule has 0 saturated carbocycles. The quantitative estimate of drug-likeness (QED) is 0.508. The molecule has 156 valence electrons. The Hall–Kier alpha value is -2.82. The fraction of sp³-hybridized carbons (Fsp3) is 0.400. The number of rotatable bonds is 5. The van der Waals surface area contributed by atoms with Crippen LogP contribution in [0.2, 0.25) is 0 Å². The molecule has 1 saturated heterocycles. The molecule has 1 fully saturated rings. The van der Waals surface area contributed by atoms with Gasteiger partial charge in [-0.3, -0.25) is 14.4 Å². The summed E-state index contributed by atoms with van der Waals surface area (Å²) in [6.45, 7) is 8.79. The minimum atomic E-state index is 0.257. The summed E-state index contributed by atoms with van der Waals surface area (Å²) in [5.41, 5.74) is 4.66. The minimum absolute atomic E-state index is 0.257. The molecule has 0 aromatic carbocycles. The van der Waals surface area contributed by atoms with Crippen molar-refractivity contribution in [1.29, 1.82) is 0 Å². The lowest BCUT2D eigenvalue weighted by molar-refractivity contribution is -0.0529. The maximum atomic E-state index is 5.73. The number of morpholine rings is 1. The number of anilines is 2. The van der Waals surface area contributed by atoms with Crippen LogP contribution in [0.25, 0.3) is 16.9 Å². The van der Waals surface area contributed by atoms with Crippen molar-refractivity contribution < 1.29 is 4.74 Å². The van der Waals surface area contributed by atoms with Crippen molar-refractivity contribution in [3.8, 4) is 11.3 Å². The van der Waals surface area contributed by atoms with E-state index in [9.17, 15) is 0 Å². The highest BCUT2D eigenvalue weighted by molar-refractivity contribution is 7.10. The smallest absolute Gasteiger partial charge is 0.180 e. The molecule has 10 heteroatoms. The Balaban J connectivity index is 1.39. The van der Waals surface area contributed by atoms with Gasteiger partial charge in [0.05, 0.1) is 42.2 Å². The molecular weight excluding hydrogens is 400 g/mol. The lowest BCUT2D eigenvalue weighted by Crippen LogP contribution is -2.46. The van der Waals surface area contributed by atoms with Crippen LogP contribution in [-0.4, -0.2) is 59.1 Å². The third-order valence-electron chi connectivity index (χ3n) is 5.31. The summed E-state index contributed by atoms with van der Waals surface area (Å²) in [7, 11) is 0. The van der Waals surface area contributed by atoms with Gasteiger partial charge in [-0.25, -0.2) is 9.97 Å². The van der Waals surface area contributed by atoms with E-state index in [-0.39, 0.29) is 6.10 Å². The van der Waals surface area contributed by atoms with Crippen molar-refractivity contribution in [2.45, 2.75) is 39.5 Å². The third kappa shape index (κ3) is 3.69. The van der Waals surface area contributed by atoms with Gasteiger partial charge in [0.15, 0.2) is 11.5 Å². The highest BCUT2D eigenvalue weighted by atomic mass is 32.1. The monoisotopic (exact) mass is 424 g/mol. The van der Waals surface area contributed by atoms with Crippen LogP contribution in [0.15, 0.2) is 30.9 Å². The maximum Gasteiger partial charge on any atom is 0.180 e. The normalized spacial score (nSPS) is 20.1. The number of ether oxygens (including phenoxy) is 1. The molecule has 0 amide bonds. The summed E-state index contributed by atoms with van der Waals surface area (Å²) >= 11 is 1.44. The lowest BCUT2D eigenvalue weighted by Gasteiger charge is -2.36. The van der Waals surface area contributed by atoms with E-state index in [0.29, 0.717) is 11.9 Å². The van der Waals surface area contributed by atoms with E-state index in [0.717, 1.165) is 53.0 Å². The van der Waals surface area contributed by atoms with E-state index in [1.54, 1.807) is 6.20 Å². The fourth-order valence-electron chi connectivity index (χ4n) is 3.76. The van der Waals surface area contributed by atoms with E-state index >= 15 is 0 Å². The average molecular weight is 425 g/mol. The lowest BCUT2D eigenvalue weighted by atomic mass is 10.2. The molecule has 30 heavy (non-hydrogen) atoms. The van der Waals surface area contributed by atoms with Gasteiger partial charge in [-0.1, -0.05) is 0 Å². The molecule has 4 aromatic rings. The predicted molar refractivity (Wildman–Crippen MR) is 116 cm³/mol. The molecule has 1 aliphatic rings. The first-order valence-corrected chi connectivity index (χ1v) is 10.8. The van der Waals surface area contributed by atoms with Crippen LogP contribution in [-0.2, 0) is 11.3 Å². The highest BCUT2D eigenvalue weighted by Gasteiger charge is 2.24. The van der Waals surface area contributed by atoms with Crippen LogP contribution in [0.1, 0.15) is 25.2 Å². The van der Waals surface area contributed by atoms with E-state index in [1.165, 1.54) is 11.5 Å². The number of aryl methyl sites for hydroxylation is 1. The molecular formula is C20H24N8OS. The van der Waals surface area contributed by atoms with Crippen LogP contribution in [0.4, 0.5) is 10.8 Å². The molecule has 1 aliphatic heterocycles. The number of aromatic nitrogens is 6. The van der Waals surface area contributed by atoms with Gasteiger partial charge in [-0.15, -0.1) is 0 Å². The standard InChI is InChI=1S/C20H24N8OS/c1-12-8-28-17(15-5-22-23-6-15)7-21-20(28)19(24-12)25-18-4-16(26-30-18)10-27-9-14(3)29-11-13(27)2/h4-8,13-14H,9-11H2,1-3H3,(H,22,23)(H,24,25)/t13-,14-/m0/s1. The Morgan fingerprint density at radius 1 is 1.33 bits per heavy atom. The van der Waals surface area contributed by atoms with Gasteiger partial charge < -0.3 is 10.1 Å². The Morgan fingerprint density at radius 3 is 3.07 bits per heavy atom. The number of hydrogen-bond acceptors (Lipinski definition) is 8. The van der Waals surface area contributed by atoms with Crippen LogP contribution in [0.3, 0.4) is 0 Å². The number of nitrogens with one attached hydrogen (secondary N) is 2. The first kappa shape index (κ1) is 19.2. The zero-order valence-electron chi connectivity index (χ0n) is 17.2. The van der Waals surface area contributed by atoms with Gasteiger partial charge in [-0.2, -0.15) is 9.47 Å². The van der Waals surface area contributed by atoms with Gasteiger partial charge >= 0.3 is 0 Å². The van der Waals surface area contributed by atoms with Gasteiger partial charge in [0.25, 0.3) is 0 Å². The molecule has 0 bridgehead atoms. The summed E-state index contributed by atoms with van der Waals surface area (Å²) in [5.74, 6) is 0.716. The molecule has 9 nitrogen and oxygen atoms in total. The Kier molecular flexibility index (Phi) is 4.97. The van der Waals surface area contributed by atoms with Gasteiger partial charge in [-0.05, 0) is 38.4 Å². The zero-order valence-corrected chi connectivity index (χ0v) is 18.0. The van der Waals surface area contributed by atoms with Crippen LogP contribution < -0.4 is 5.32 Å². The summed E-state index contributed by atoms with van der Waals surface area (Å²) in [6.07, 6.45) is 7.72. The second-order valence-corrected chi connectivity index (χ2v) is 8.59. The average Bonchev–Trinajstić information content (AvgIpc) is 3.45. The second kappa shape index (κ2) is 7.78. The number of nitrogens with zero attached hydrogens (tertiary/aromatic N) is 6. The number of fused-ring (bicyclic) bond motifs is 1. The third-order valence-corrected chi connectivity index (χ3v) is 6.05. The summed E-state index contributed by atoms with van der Waals surface area (Å²) in [4.78, 5) is 11.7.